The van der Waals surface area contributed by atoms with Crippen molar-refractivity contribution in [1.29, 1.82) is 0 Å². The normalized spacial score (nSPS) is 10.9. The Kier molecular flexibility index (Phi) is 5.38. The average Bonchev–Trinajstić information content (AvgIpc) is 3.50. The first kappa shape index (κ1) is 21.1. The van der Waals surface area contributed by atoms with Gasteiger partial charge in [0.15, 0.2) is 11.6 Å². The predicted octanol–water partition coefficient (Wildman–Crippen LogP) is 4.82. The van der Waals surface area contributed by atoms with E-state index in [0.29, 0.717) is 17.1 Å². The van der Waals surface area contributed by atoms with Gasteiger partial charge in [0.1, 0.15) is 17.3 Å². The highest BCUT2D eigenvalue weighted by Gasteiger charge is 2.19. The molecule has 10 heteroatoms. The quantitative estimate of drug-likeness (QED) is 0.405. The number of carbonyl (C=O) groups is 1. The zero-order chi connectivity index (χ0) is 23.7. The molecular formula is C24H16F2N6O2. The number of nitrogens with one attached hydrogen (secondary N) is 1. The van der Waals surface area contributed by atoms with Crippen LogP contribution in [0.2, 0.25) is 0 Å². The van der Waals surface area contributed by atoms with E-state index in [0.717, 1.165) is 0 Å². The number of anilines is 1. The fourth-order valence-corrected chi connectivity index (χ4v) is 3.46. The van der Waals surface area contributed by atoms with Crippen LogP contribution in [0.25, 0.3) is 28.5 Å². The average molecular weight is 458 g/mol. The van der Waals surface area contributed by atoms with Crippen LogP contribution < -0.4 is 5.32 Å². The maximum Gasteiger partial charge on any atom is 0.256 e. The molecule has 8 nitrogen and oxygen atoms in total. The van der Waals surface area contributed by atoms with Crippen LogP contribution in [0.3, 0.4) is 0 Å². The minimum absolute atomic E-state index is 0.0933. The molecule has 3 aromatic carbocycles. The summed E-state index contributed by atoms with van der Waals surface area (Å²) in [6.07, 6.45) is 1.41. The van der Waals surface area contributed by atoms with Crippen molar-refractivity contribution in [2.24, 2.45) is 0 Å². The predicted molar refractivity (Wildman–Crippen MR) is 119 cm³/mol. The van der Waals surface area contributed by atoms with Crippen LogP contribution in [0.1, 0.15) is 16.2 Å². The van der Waals surface area contributed by atoms with E-state index in [1.165, 1.54) is 35.1 Å². The van der Waals surface area contributed by atoms with Gasteiger partial charge in [-0.1, -0.05) is 24.3 Å². The van der Waals surface area contributed by atoms with Crippen LogP contribution in [-0.2, 0) is 0 Å². The molecule has 0 aliphatic rings. The van der Waals surface area contributed by atoms with Gasteiger partial charge >= 0.3 is 0 Å². The number of benzene rings is 3. The summed E-state index contributed by atoms with van der Waals surface area (Å²) in [5.74, 6) is -0.665. The lowest BCUT2D eigenvalue weighted by atomic mass is 10.1. The molecule has 0 aliphatic carbocycles. The number of carbonyl (C=O) groups excluding carboxylic acids is 1. The zero-order valence-electron chi connectivity index (χ0n) is 17.7. The van der Waals surface area contributed by atoms with Crippen molar-refractivity contribution in [3.63, 3.8) is 0 Å². The van der Waals surface area contributed by atoms with E-state index in [1.54, 1.807) is 49.4 Å². The topological polar surface area (TPSA) is 98.7 Å². The Labute approximate surface area is 191 Å². The number of hydrogen-bond donors (Lipinski definition) is 1. The largest absolute Gasteiger partial charge is 0.436 e. The Hall–Kier alpha value is -4.73. The lowest BCUT2D eigenvalue weighted by Crippen LogP contribution is -2.14. The molecule has 0 radical (unpaired) electrons. The Bertz CT molecular complexity index is 1510. The molecule has 168 valence electrons. The molecule has 0 saturated carbocycles. The molecule has 1 N–H and O–H groups in total. The van der Waals surface area contributed by atoms with E-state index in [2.05, 4.69) is 25.8 Å². The second kappa shape index (κ2) is 8.66. The number of aryl methyl sites for hydroxylation is 1. The minimum atomic E-state index is -0.547. The van der Waals surface area contributed by atoms with Crippen molar-refractivity contribution in [3.05, 3.63) is 95.9 Å². The molecule has 2 aromatic heterocycles. The van der Waals surface area contributed by atoms with Crippen LogP contribution in [0, 0.1) is 18.6 Å². The fraction of sp³-hybridized carbons (Fsp3) is 0.0417. The number of halogens is 2. The van der Waals surface area contributed by atoms with Crippen molar-refractivity contribution < 1.29 is 18.0 Å². The van der Waals surface area contributed by atoms with Crippen molar-refractivity contribution in [2.45, 2.75) is 6.92 Å². The monoisotopic (exact) mass is 458 g/mol. The highest BCUT2D eigenvalue weighted by Crippen LogP contribution is 2.30. The maximum atomic E-state index is 14.4. The molecule has 1 amide bonds. The van der Waals surface area contributed by atoms with Crippen LogP contribution in [0.15, 0.2) is 77.3 Å². The number of oxazole rings is 1. The van der Waals surface area contributed by atoms with Gasteiger partial charge in [-0.2, -0.15) is 4.68 Å². The summed E-state index contributed by atoms with van der Waals surface area (Å²) in [6, 6.07) is 17.0. The van der Waals surface area contributed by atoms with Gasteiger partial charge in [-0.05, 0) is 59.8 Å². The van der Waals surface area contributed by atoms with Crippen LogP contribution in [0.4, 0.5) is 14.5 Å². The van der Waals surface area contributed by atoms with E-state index >= 15 is 0 Å². The molecule has 0 atom stereocenters. The lowest BCUT2D eigenvalue weighted by molar-refractivity contribution is 0.102. The molecule has 0 aliphatic heterocycles. The van der Waals surface area contributed by atoms with Gasteiger partial charge in [0, 0.05) is 11.3 Å². The molecule has 0 fully saturated rings. The number of nitrogens with zero attached hydrogens (tertiary/aromatic N) is 5. The van der Waals surface area contributed by atoms with Crippen molar-refractivity contribution >= 4 is 11.6 Å². The molecule has 0 saturated heterocycles. The zero-order valence-corrected chi connectivity index (χ0v) is 17.7. The smallest absolute Gasteiger partial charge is 0.256 e. The molecule has 34 heavy (non-hydrogen) atoms. The second-order valence-electron chi connectivity index (χ2n) is 7.31. The van der Waals surface area contributed by atoms with Crippen molar-refractivity contribution in [1.82, 2.24) is 25.2 Å². The van der Waals surface area contributed by atoms with E-state index < -0.39 is 17.5 Å². The third-order valence-electron chi connectivity index (χ3n) is 5.10. The Morgan fingerprint density at radius 2 is 1.74 bits per heavy atom. The summed E-state index contributed by atoms with van der Waals surface area (Å²) in [6.45, 7) is 1.63. The molecule has 0 bridgehead atoms. The standard InChI is InChI=1S/C24H16F2N6O2/c1-14-29-30-31-32(14)21-12-15(10-11-20(21)26)28-23(33)16-6-2-3-7-17(16)24-27-13-22(34-24)18-8-4-5-9-19(18)25/h2-13H,1H3,(H,28,33). The van der Waals surface area contributed by atoms with Gasteiger partial charge < -0.3 is 9.73 Å². The Balaban J connectivity index is 1.45. The maximum absolute atomic E-state index is 14.4. The first-order valence-corrected chi connectivity index (χ1v) is 10.2. The first-order chi connectivity index (χ1) is 16.5. The Morgan fingerprint density at radius 3 is 2.50 bits per heavy atom. The highest BCUT2D eigenvalue weighted by molar-refractivity contribution is 6.08. The highest BCUT2D eigenvalue weighted by atomic mass is 19.1. The summed E-state index contributed by atoms with van der Waals surface area (Å²) in [5, 5.41) is 13.8. The van der Waals surface area contributed by atoms with E-state index in [1.807, 2.05) is 0 Å². The van der Waals surface area contributed by atoms with Gasteiger partial charge in [0.25, 0.3) is 5.91 Å². The van der Waals surface area contributed by atoms with Gasteiger partial charge in [-0.15, -0.1) is 5.10 Å². The molecular weight excluding hydrogens is 442 g/mol. The van der Waals surface area contributed by atoms with Crippen molar-refractivity contribution in [2.75, 3.05) is 5.32 Å². The van der Waals surface area contributed by atoms with Crippen LogP contribution in [-0.4, -0.2) is 31.1 Å². The minimum Gasteiger partial charge on any atom is -0.436 e. The summed E-state index contributed by atoms with van der Waals surface area (Å²) in [7, 11) is 0. The van der Waals surface area contributed by atoms with Gasteiger partial charge in [-0.25, -0.2) is 13.8 Å². The first-order valence-electron chi connectivity index (χ1n) is 10.2. The van der Waals surface area contributed by atoms with Gasteiger partial charge in [0.05, 0.1) is 17.3 Å². The van der Waals surface area contributed by atoms with Crippen molar-refractivity contribution in [3.8, 4) is 28.5 Å². The number of hydrogen-bond acceptors (Lipinski definition) is 6. The summed E-state index contributed by atoms with van der Waals surface area (Å²) < 4.78 is 35.5. The Morgan fingerprint density at radius 1 is 0.971 bits per heavy atom. The summed E-state index contributed by atoms with van der Waals surface area (Å²) in [5.41, 5.74) is 1.39. The van der Waals surface area contributed by atoms with Gasteiger partial charge in [-0.3, -0.25) is 4.79 Å². The number of amides is 1. The molecule has 0 spiro atoms. The van der Waals surface area contributed by atoms with E-state index in [-0.39, 0.29) is 28.5 Å². The fourth-order valence-electron chi connectivity index (χ4n) is 3.46. The third-order valence-corrected chi connectivity index (χ3v) is 5.10. The number of tetrazole rings is 1. The molecule has 5 aromatic rings. The summed E-state index contributed by atoms with van der Waals surface area (Å²) in [4.78, 5) is 17.3. The molecule has 0 unspecified atom stereocenters. The number of rotatable bonds is 5. The van der Waals surface area contributed by atoms with Crippen LogP contribution >= 0.6 is 0 Å². The van der Waals surface area contributed by atoms with E-state index in [9.17, 15) is 13.6 Å². The second-order valence-corrected chi connectivity index (χ2v) is 7.31. The molecule has 5 rings (SSSR count). The molecule has 2 heterocycles. The number of aromatic nitrogens is 5. The summed E-state index contributed by atoms with van der Waals surface area (Å²) >= 11 is 0. The lowest BCUT2D eigenvalue weighted by Gasteiger charge is -2.10. The van der Waals surface area contributed by atoms with Crippen LogP contribution in [0.5, 0.6) is 0 Å². The van der Waals surface area contributed by atoms with E-state index in [4.69, 9.17) is 4.42 Å². The van der Waals surface area contributed by atoms with Gasteiger partial charge in [0.2, 0.25) is 5.89 Å². The third kappa shape index (κ3) is 3.92. The SMILES string of the molecule is Cc1nnnn1-c1cc(NC(=O)c2ccccc2-c2ncc(-c3ccccc3F)o2)ccc1F.